The van der Waals surface area contributed by atoms with Crippen LogP contribution in [0, 0.1) is 5.92 Å². The predicted octanol–water partition coefficient (Wildman–Crippen LogP) is 3.70. The minimum Gasteiger partial charge on any atom is -0.496 e. The van der Waals surface area contributed by atoms with Gasteiger partial charge in [-0.2, -0.15) is 5.10 Å². The zero-order chi connectivity index (χ0) is 17.9. The van der Waals surface area contributed by atoms with Crippen LogP contribution in [0.2, 0.25) is 0 Å². The molecular weight excluding hydrogens is 316 g/mol. The van der Waals surface area contributed by atoms with E-state index in [1.54, 1.807) is 25.6 Å². The number of hydrogen-bond acceptors (Lipinski definition) is 4. The van der Waals surface area contributed by atoms with Crippen LogP contribution >= 0.6 is 0 Å². The van der Waals surface area contributed by atoms with E-state index in [2.05, 4.69) is 25.0 Å². The van der Waals surface area contributed by atoms with Crippen LogP contribution in [0.3, 0.4) is 0 Å². The molecule has 1 saturated heterocycles. The lowest BCUT2D eigenvalue weighted by atomic mass is 9.68. The molecule has 5 nitrogen and oxygen atoms in total. The Morgan fingerprint density at radius 3 is 2.88 bits per heavy atom. The lowest BCUT2D eigenvalue weighted by Gasteiger charge is -2.42. The Morgan fingerprint density at radius 1 is 1.40 bits per heavy atom. The Bertz CT molecular complexity index is 711. The molecule has 2 atom stereocenters. The van der Waals surface area contributed by atoms with Crippen molar-refractivity contribution in [2.75, 3.05) is 13.7 Å². The summed E-state index contributed by atoms with van der Waals surface area (Å²) in [6.07, 6.45) is 5.46. The standard InChI is InChI=1S/C20H26N2O3/c1-15(2)18-13-20(9-12-25-18,14-19(23)22-11-6-10-21-22)16-7-4-5-8-17(16)24-3/h4-8,10-11,15,18H,9,12-14H2,1-3H3/t18-,20+/m0/s1. The molecule has 25 heavy (non-hydrogen) atoms. The van der Waals surface area contributed by atoms with E-state index in [0.29, 0.717) is 18.9 Å². The summed E-state index contributed by atoms with van der Waals surface area (Å²) in [5, 5.41) is 4.11. The fourth-order valence-electron chi connectivity index (χ4n) is 3.75. The highest BCUT2D eigenvalue weighted by atomic mass is 16.5. The van der Waals surface area contributed by atoms with Gasteiger partial charge in [-0.05, 0) is 30.9 Å². The highest BCUT2D eigenvalue weighted by molar-refractivity contribution is 5.79. The van der Waals surface area contributed by atoms with E-state index in [9.17, 15) is 4.79 Å². The third kappa shape index (κ3) is 3.61. The average Bonchev–Trinajstić information content (AvgIpc) is 3.16. The lowest BCUT2D eigenvalue weighted by molar-refractivity contribution is -0.0461. The molecule has 0 spiro atoms. The van der Waals surface area contributed by atoms with Crippen molar-refractivity contribution in [3.05, 3.63) is 48.3 Å². The molecule has 2 aromatic rings. The van der Waals surface area contributed by atoms with Crippen molar-refractivity contribution in [2.45, 2.75) is 44.6 Å². The zero-order valence-corrected chi connectivity index (χ0v) is 15.1. The smallest absolute Gasteiger partial charge is 0.247 e. The minimum atomic E-state index is -0.303. The number of nitrogens with zero attached hydrogens (tertiary/aromatic N) is 2. The molecule has 1 aliphatic heterocycles. The molecule has 0 N–H and O–H groups in total. The first kappa shape index (κ1) is 17.7. The van der Waals surface area contributed by atoms with E-state index in [-0.39, 0.29) is 17.4 Å². The van der Waals surface area contributed by atoms with Gasteiger partial charge in [0.05, 0.1) is 13.2 Å². The van der Waals surface area contributed by atoms with E-state index in [1.807, 2.05) is 18.2 Å². The van der Waals surface area contributed by atoms with Crippen LogP contribution in [0.4, 0.5) is 0 Å². The molecule has 1 fully saturated rings. The first-order chi connectivity index (χ1) is 12.1. The number of carbonyl (C=O) groups is 1. The normalized spacial score (nSPS) is 23.6. The van der Waals surface area contributed by atoms with Crippen LogP contribution in [0.25, 0.3) is 0 Å². The summed E-state index contributed by atoms with van der Waals surface area (Å²) in [6, 6.07) is 9.80. The Hall–Kier alpha value is -2.14. The monoisotopic (exact) mass is 342 g/mol. The number of methoxy groups -OCH3 is 1. The Balaban J connectivity index is 2.00. The van der Waals surface area contributed by atoms with Crippen LogP contribution < -0.4 is 4.74 Å². The maximum atomic E-state index is 12.8. The molecule has 3 rings (SSSR count). The highest BCUT2D eigenvalue weighted by Gasteiger charge is 2.43. The van der Waals surface area contributed by atoms with E-state index in [4.69, 9.17) is 9.47 Å². The van der Waals surface area contributed by atoms with Gasteiger partial charge in [0, 0.05) is 36.4 Å². The van der Waals surface area contributed by atoms with Gasteiger partial charge in [0.2, 0.25) is 5.91 Å². The zero-order valence-electron chi connectivity index (χ0n) is 15.1. The maximum Gasteiger partial charge on any atom is 0.247 e. The number of para-hydroxylation sites is 1. The van der Waals surface area contributed by atoms with E-state index >= 15 is 0 Å². The third-order valence-electron chi connectivity index (χ3n) is 5.18. The predicted molar refractivity (Wildman–Crippen MR) is 96.0 cm³/mol. The van der Waals surface area contributed by atoms with Gasteiger partial charge in [0.25, 0.3) is 0 Å². The summed E-state index contributed by atoms with van der Waals surface area (Å²) in [5.41, 5.74) is 0.787. The topological polar surface area (TPSA) is 53.4 Å². The van der Waals surface area contributed by atoms with Crippen LogP contribution in [0.1, 0.15) is 43.5 Å². The molecular formula is C20H26N2O3. The fourth-order valence-corrected chi connectivity index (χ4v) is 3.75. The second kappa shape index (κ2) is 7.40. The van der Waals surface area contributed by atoms with Crippen molar-refractivity contribution >= 4 is 5.91 Å². The second-order valence-corrected chi connectivity index (χ2v) is 7.11. The minimum absolute atomic E-state index is 0.000289. The van der Waals surface area contributed by atoms with Gasteiger partial charge >= 0.3 is 0 Å². The molecule has 0 saturated carbocycles. The van der Waals surface area contributed by atoms with Gasteiger partial charge in [0.15, 0.2) is 0 Å². The third-order valence-corrected chi connectivity index (χ3v) is 5.18. The molecule has 1 aliphatic rings. The van der Waals surface area contributed by atoms with Crippen LogP contribution in [-0.2, 0) is 10.2 Å². The van der Waals surface area contributed by atoms with Gasteiger partial charge in [-0.3, -0.25) is 4.79 Å². The Morgan fingerprint density at radius 2 is 2.20 bits per heavy atom. The van der Waals surface area contributed by atoms with E-state index in [0.717, 1.165) is 24.2 Å². The number of aromatic nitrogens is 2. The van der Waals surface area contributed by atoms with Crippen molar-refractivity contribution < 1.29 is 14.3 Å². The summed E-state index contributed by atoms with van der Waals surface area (Å²) in [4.78, 5) is 12.8. The van der Waals surface area contributed by atoms with Gasteiger partial charge in [0.1, 0.15) is 5.75 Å². The second-order valence-electron chi connectivity index (χ2n) is 7.11. The van der Waals surface area contributed by atoms with Gasteiger partial charge < -0.3 is 9.47 Å². The molecule has 0 amide bonds. The van der Waals surface area contributed by atoms with E-state index < -0.39 is 0 Å². The Labute approximate surface area is 148 Å². The number of hydrogen-bond donors (Lipinski definition) is 0. The van der Waals surface area contributed by atoms with Gasteiger partial charge in [-0.1, -0.05) is 32.0 Å². The summed E-state index contributed by atoms with van der Waals surface area (Å²) in [5.74, 6) is 1.23. The SMILES string of the molecule is COc1ccccc1[C@]1(CC(=O)n2cccn2)CCO[C@H](C(C)C)C1. The van der Waals surface area contributed by atoms with Crippen molar-refractivity contribution in [1.82, 2.24) is 9.78 Å². The Kier molecular flexibility index (Phi) is 5.23. The van der Waals surface area contributed by atoms with E-state index in [1.165, 1.54) is 4.68 Å². The molecule has 0 unspecified atom stereocenters. The van der Waals surface area contributed by atoms with Crippen molar-refractivity contribution in [3.8, 4) is 5.75 Å². The molecule has 0 aliphatic carbocycles. The molecule has 2 heterocycles. The fraction of sp³-hybridized carbons (Fsp3) is 0.500. The molecule has 0 radical (unpaired) electrons. The largest absolute Gasteiger partial charge is 0.496 e. The van der Waals surface area contributed by atoms with Crippen LogP contribution in [-0.4, -0.2) is 35.5 Å². The summed E-state index contributed by atoms with van der Waals surface area (Å²) in [7, 11) is 1.68. The number of rotatable bonds is 5. The number of ether oxygens (including phenoxy) is 2. The maximum absolute atomic E-state index is 12.8. The lowest BCUT2D eigenvalue weighted by Crippen LogP contribution is -2.43. The first-order valence-corrected chi connectivity index (χ1v) is 8.84. The molecule has 1 aromatic heterocycles. The van der Waals surface area contributed by atoms with Crippen LogP contribution in [0.15, 0.2) is 42.7 Å². The molecule has 134 valence electrons. The molecule has 1 aromatic carbocycles. The summed E-state index contributed by atoms with van der Waals surface area (Å²) in [6.45, 7) is 4.98. The summed E-state index contributed by atoms with van der Waals surface area (Å²) >= 11 is 0. The van der Waals surface area contributed by atoms with Crippen molar-refractivity contribution in [2.24, 2.45) is 5.92 Å². The molecule has 0 bridgehead atoms. The number of carbonyl (C=O) groups excluding carboxylic acids is 1. The molecule has 5 heteroatoms. The highest BCUT2D eigenvalue weighted by Crippen LogP contribution is 2.45. The van der Waals surface area contributed by atoms with Gasteiger partial charge in [-0.15, -0.1) is 0 Å². The van der Waals surface area contributed by atoms with Crippen molar-refractivity contribution in [1.29, 1.82) is 0 Å². The summed E-state index contributed by atoms with van der Waals surface area (Å²) < 4.78 is 13.0. The first-order valence-electron chi connectivity index (χ1n) is 8.84. The number of benzene rings is 1. The quantitative estimate of drug-likeness (QED) is 0.831. The average molecular weight is 342 g/mol. The van der Waals surface area contributed by atoms with Crippen molar-refractivity contribution in [3.63, 3.8) is 0 Å². The van der Waals surface area contributed by atoms with Gasteiger partial charge in [-0.25, -0.2) is 4.68 Å². The van der Waals surface area contributed by atoms with Crippen LogP contribution in [0.5, 0.6) is 5.75 Å².